The predicted octanol–water partition coefficient (Wildman–Crippen LogP) is 8.50. The van der Waals surface area contributed by atoms with E-state index in [0.29, 0.717) is 11.5 Å². The molecule has 275 valence electrons. The van der Waals surface area contributed by atoms with Crippen LogP contribution in [0.5, 0.6) is 11.5 Å². The van der Waals surface area contributed by atoms with E-state index in [1.165, 1.54) is 18.1 Å². The number of aliphatic imine (C=N–C) groups is 2. The van der Waals surface area contributed by atoms with E-state index >= 15 is 0 Å². The van der Waals surface area contributed by atoms with Gasteiger partial charge in [-0.15, -0.1) is 0 Å². The van der Waals surface area contributed by atoms with Crippen LogP contribution in [-0.2, 0) is 57.3 Å². The molecule has 1 aliphatic rings. The second kappa shape index (κ2) is 17.7. The van der Waals surface area contributed by atoms with Crippen molar-refractivity contribution in [2.75, 3.05) is 6.61 Å². The van der Waals surface area contributed by atoms with Gasteiger partial charge >= 0.3 is 21.0 Å². The molecule has 0 bridgehead atoms. The third kappa shape index (κ3) is 14.1. The summed E-state index contributed by atoms with van der Waals surface area (Å²) in [4.78, 5) is 10.1. The Labute approximate surface area is 305 Å². The second-order valence-corrected chi connectivity index (χ2v) is 17.8. The van der Waals surface area contributed by atoms with Gasteiger partial charge in [0.1, 0.15) is 11.5 Å². The van der Waals surface area contributed by atoms with E-state index in [1.54, 1.807) is 0 Å². The van der Waals surface area contributed by atoms with E-state index in [9.17, 15) is 23.2 Å². The van der Waals surface area contributed by atoms with Crippen LogP contribution in [0.25, 0.3) is 0 Å². The Hall–Kier alpha value is -2.37. The van der Waals surface area contributed by atoms with Crippen LogP contribution in [0.2, 0.25) is 0 Å². The van der Waals surface area contributed by atoms with Crippen molar-refractivity contribution in [1.82, 2.24) is 0 Å². The number of benzene rings is 2. The maximum atomic E-state index is 11.2. The molecular weight excluding hydrogens is 679 g/mol. The minimum atomic E-state index is -4.42. The molecule has 2 aromatic rings. The minimum absolute atomic E-state index is 0.0378. The molecule has 0 heterocycles. The number of nitrogens with zero attached hydrogens (tertiary/aromatic N) is 2. The number of rotatable bonds is 6. The molecule has 0 amide bonds. The number of hydrogen-bond acceptors (Lipinski definition) is 9. The number of phenols is 2. The van der Waals surface area contributed by atoms with Gasteiger partial charge in [0, 0.05) is 34.7 Å². The molecular formula is C38H59N2O7SV-. The molecule has 1 fully saturated rings. The topological polar surface area (TPSA) is 149 Å². The Morgan fingerprint density at radius 1 is 0.714 bits per heavy atom. The average molecular weight is 739 g/mol. The van der Waals surface area contributed by atoms with Crippen molar-refractivity contribution < 1.29 is 48.4 Å². The molecule has 2 atom stereocenters. The molecule has 49 heavy (non-hydrogen) atoms. The first-order chi connectivity index (χ1) is 22.3. The van der Waals surface area contributed by atoms with E-state index < -0.39 is 10.4 Å². The van der Waals surface area contributed by atoms with Gasteiger partial charge in [-0.25, -0.2) is 8.42 Å². The zero-order valence-electron chi connectivity index (χ0n) is 31.8. The fraction of sp³-hybridized carbons (Fsp3) is 0.632. The molecule has 3 rings (SSSR count). The molecule has 11 heteroatoms. The van der Waals surface area contributed by atoms with Gasteiger partial charge in [-0.2, -0.15) is 0 Å². The molecule has 0 saturated heterocycles. The Kier molecular flexibility index (Phi) is 16.1. The summed E-state index contributed by atoms with van der Waals surface area (Å²) in [5.74, 6) is 0.637. The van der Waals surface area contributed by atoms with Gasteiger partial charge in [-0.05, 0) is 64.7 Å². The molecule has 1 aliphatic carbocycles. The fourth-order valence-electron chi connectivity index (χ4n) is 5.46. The monoisotopic (exact) mass is 738 g/mol. The van der Waals surface area contributed by atoms with Crippen molar-refractivity contribution in [3.63, 3.8) is 0 Å². The summed E-state index contributed by atoms with van der Waals surface area (Å²) in [5.41, 5.74) is 5.39. The second-order valence-electron chi connectivity index (χ2n) is 16.7. The third-order valence-corrected chi connectivity index (χ3v) is 8.92. The van der Waals surface area contributed by atoms with Crippen LogP contribution in [0.15, 0.2) is 34.3 Å². The Balaban J connectivity index is 0.00000118. The number of aromatic hydroxyl groups is 2. The van der Waals surface area contributed by atoms with Gasteiger partial charge in [0.25, 0.3) is 0 Å². The van der Waals surface area contributed by atoms with Crippen LogP contribution in [0.1, 0.15) is 149 Å². The van der Waals surface area contributed by atoms with Crippen molar-refractivity contribution in [3.8, 4) is 11.5 Å². The van der Waals surface area contributed by atoms with E-state index in [0.717, 1.165) is 65.3 Å². The number of hydrogen-bond donors (Lipinski definition) is 2. The molecule has 0 spiro atoms. The van der Waals surface area contributed by atoms with Crippen LogP contribution in [0.3, 0.4) is 0 Å². The van der Waals surface area contributed by atoms with Crippen LogP contribution in [0, 0.1) is 0 Å². The van der Waals surface area contributed by atoms with E-state index in [4.69, 9.17) is 13.7 Å². The maximum absolute atomic E-state index is 11.2. The first kappa shape index (κ1) is 44.7. The Morgan fingerprint density at radius 3 is 1.27 bits per heavy atom. The summed E-state index contributed by atoms with van der Waals surface area (Å²) in [7, 11) is -4.42. The van der Waals surface area contributed by atoms with Crippen LogP contribution >= 0.6 is 0 Å². The molecule has 0 aromatic heterocycles. The number of phenolic OH excluding ortho intramolecular Hbond substituents is 2. The van der Waals surface area contributed by atoms with Crippen LogP contribution in [-0.4, -0.2) is 54.3 Å². The molecule has 0 aliphatic heterocycles. The van der Waals surface area contributed by atoms with E-state index in [-0.39, 0.29) is 40.4 Å². The van der Waals surface area contributed by atoms with Crippen molar-refractivity contribution in [2.45, 2.75) is 149 Å². The predicted molar refractivity (Wildman–Crippen MR) is 194 cm³/mol. The summed E-state index contributed by atoms with van der Waals surface area (Å²) in [6.07, 6.45) is 7.90. The van der Waals surface area contributed by atoms with E-state index in [2.05, 4.69) is 112 Å². The van der Waals surface area contributed by atoms with Gasteiger partial charge in [-0.1, -0.05) is 108 Å². The van der Waals surface area contributed by atoms with Gasteiger partial charge in [0.05, 0.1) is 18.7 Å². The van der Waals surface area contributed by atoms with Gasteiger partial charge in [-0.3, -0.25) is 14.2 Å². The SMILES string of the molecule is CC(C)(C)c1cc(C=N[C@H]2CCCC[C@@H]2N=Cc2cc(C(C)(C)C)cc(C(C)(C)C)c2O)c(O)c(C(C)(C)C)c1.CCOS(=O)(=O)[O-].[O]=[V]. The normalized spacial score (nSPS) is 17.7. The third-order valence-electron chi connectivity index (χ3n) is 8.39. The Morgan fingerprint density at radius 2 is 1.04 bits per heavy atom. The summed E-state index contributed by atoms with van der Waals surface area (Å²) in [5, 5.41) is 22.5. The quantitative estimate of drug-likeness (QED) is 0.172. The first-order valence-electron chi connectivity index (χ1n) is 16.9. The summed E-state index contributed by atoms with van der Waals surface area (Å²) >= 11 is 1.06. The summed E-state index contributed by atoms with van der Waals surface area (Å²) in [6.45, 7) is 27.4. The molecule has 9 nitrogen and oxygen atoms in total. The summed E-state index contributed by atoms with van der Waals surface area (Å²) in [6, 6.07) is 8.53. The molecule has 2 aromatic carbocycles. The molecule has 2 N–H and O–H groups in total. The van der Waals surface area contributed by atoms with Gasteiger partial charge in [0.15, 0.2) is 0 Å². The standard InChI is InChI=1S/C36H54N2O2.C2H6O4S.O.V/c1-33(2,3)25-17-23(31(39)27(19-25)35(7,8)9)21-37-29-15-13-14-16-30(29)38-22-24-18-26(34(4,5)6)20-28(32(24)40)36(10,11)12;1-2-6-7(3,4)5;;/h17-22,29-30,39-40H,13-16H2,1-12H3;2H2,1H3,(H,3,4,5);;/p-1/t29-,30-;;;/m0.../s1. The van der Waals surface area contributed by atoms with Crippen LogP contribution in [0.4, 0.5) is 0 Å². The van der Waals surface area contributed by atoms with Crippen molar-refractivity contribution in [2.24, 2.45) is 9.98 Å². The van der Waals surface area contributed by atoms with Crippen molar-refractivity contribution >= 4 is 22.8 Å². The zero-order valence-corrected chi connectivity index (χ0v) is 34.1. The first-order valence-corrected chi connectivity index (χ1v) is 18.8. The fourth-order valence-corrected chi connectivity index (χ4v) is 5.74. The zero-order chi connectivity index (χ0) is 38.2. The Bertz CT molecular complexity index is 1460. The average Bonchev–Trinajstić information content (AvgIpc) is 2.95. The van der Waals surface area contributed by atoms with Gasteiger partial charge < -0.3 is 14.8 Å². The van der Waals surface area contributed by atoms with Gasteiger partial charge in [0.2, 0.25) is 10.4 Å². The van der Waals surface area contributed by atoms with Crippen molar-refractivity contribution in [1.29, 1.82) is 0 Å². The molecule has 0 unspecified atom stereocenters. The van der Waals surface area contributed by atoms with Crippen LogP contribution < -0.4 is 0 Å². The molecule has 0 radical (unpaired) electrons. The summed E-state index contributed by atoms with van der Waals surface area (Å²) < 4.78 is 40.2. The van der Waals surface area contributed by atoms with Crippen molar-refractivity contribution in [3.05, 3.63) is 57.6 Å². The van der Waals surface area contributed by atoms with E-state index in [1.807, 2.05) is 12.4 Å². The molecule has 1 saturated carbocycles.